The summed E-state index contributed by atoms with van der Waals surface area (Å²) in [5.74, 6) is 0. The van der Waals surface area contributed by atoms with E-state index in [1.807, 2.05) is 6.55 Å². The smallest absolute Gasteiger partial charge is 0.360 e. The topological polar surface area (TPSA) is 18.5 Å². The molecule has 0 bridgehead atoms. The Kier molecular flexibility index (Phi) is 6.33. The molecule has 0 rings (SSSR count). The average molecular weight is 188 g/mol. The molecule has 0 atom stereocenters. The van der Waals surface area contributed by atoms with Crippen molar-refractivity contribution in [2.75, 3.05) is 14.2 Å². The number of hydrogen-bond acceptors (Lipinski definition) is 2. The van der Waals surface area contributed by atoms with Gasteiger partial charge in [-0.25, -0.2) is 0 Å². The quantitative estimate of drug-likeness (QED) is 0.471. The predicted octanol–water partition coefficient (Wildman–Crippen LogP) is 2.64. The van der Waals surface area contributed by atoms with Crippen LogP contribution in [0.4, 0.5) is 0 Å². The highest BCUT2D eigenvalue weighted by Gasteiger charge is 2.23. The predicted molar refractivity (Wildman–Crippen MR) is 54.3 cm³/mol. The Morgan fingerprint density at radius 3 is 2.25 bits per heavy atom. The van der Waals surface area contributed by atoms with Crippen LogP contribution in [0.25, 0.3) is 0 Å². The lowest BCUT2D eigenvalue weighted by Gasteiger charge is -2.17. The summed E-state index contributed by atoms with van der Waals surface area (Å²) in [5, 5.41) is 0. The van der Waals surface area contributed by atoms with Crippen LogP contribution in [-0.4, -0.2) is 22.8 Å². The largest absolute Gasteiger partial charge is 0.395 e. The molecule has 0 aliphatic heterocycles. The van der Waals surface area contributed by atoms with Crippen molar-refractivity contribution in [3.8, 4) is 0 Å². The zero-order valence-corrected chi connectivity index (χ0v) is 9.59. The molecule has 12 heavy (non-hydrogen) atoms. The van der Waals surface area contributed by atoms with Crippen LogP contribution in [0, 0.1) is 0 Å². The molecule has 0 heterocycles. The highest BCUT2D eigenvalue weighted by molar-refractivity contribution is 6.71. The van der Waals surface area contributed by atoms with E-state index in [9.17, 15) is 0 Å². The van der Waals surface area contributed by atoms with Gasteiger partial charge in [0.1, 0.15) is 0 Å². The molecule has 0 aromatic carbocycles. The second-order valence-electron chi connectivity index (χ2n) is 2.97. The Bertz CT molecular complexity index is 130. The Morgan fingerprint density at radius 2 is 1.83 bits per heavy atom. The van der Waals surface area contributed by atoms with Gasteiger partial charge in [0.15, 0.2) is 0 Å². The highest BCUT2D eigenvalue weighted by atomic mass is 28.4. The van der Waals surface area contributed by atoms with E-state index in [2.05, 4.69) is 18.7 Å². The normalized spacial score (nSPS) is 12.7. The molecule has 0 aromatic rings. The lowest BCUT2D eigenvalue weighted by Crippen LogP contribution is -2.33. The van der Waals surface area contributed by atoms with E-state index in [4.69, 9.17) is 8.85 Å². The molecule has 2 nitrogen and oxygen atoms in total. The number of rotatable bonds is 6. The summed E-state index contributed by atoms with van der Waals surface area (Å²) in [5.41, 5.74) is 2.10. The van der Waals surface area contributed by atoms with E-state index in [-0.39, 0.29) is 0 Å². The van der Waals surface area contributed by atoms with Crippen LogP contribution in [0.5, 0.6) is 0 Å². The summed E-state index contributed by atoms with van der Waals surface area (Å²) in [7, 11) is 1.49. The van der Waals surface area contributed by atoms with Crippen LogP contribution in [0.1, 0.15) is 26.2 Å². The summed E-state index contributed by atoms with van der Waals surface area (Å²) in [6.07, 6.45) is 5.78. The second-order valence-corrected chi connectivity index (χ2v) is 6.15. The maximum absolute atomic E-state index is 5.30. The van der Waals surface area contributed by atoms with Crippen molar-refractivity contribution >= 4 is 8.56 Å². The molecule has 0 N–H and O–H groups in total. The van der Waals surface area contributed by atoms with Crippen LogP contribution in [0.3, 0.4) is 0 Å². The van der Waals surface area contributed by atoms with Crippen molar-refractivity contribution < 1.29 is 8.85 Å². The monoisotopic (exact) mass is 188 g/mol. The molecular formula is C9H20O2Si. The summed E-state index contributed by atoms with van der Waals surface area (Å²) in [6, 6.07) is 0. The van der Waals surface area contributed by atoms with Crippen LogP contribution >= 0.6 is 0 Å². The van der Waals surface area contributed by atoms with Crippen molar-refractivity contribution in [3.63, 3.8) is 0 Å². The van der Waals surface area contributed by atoms with Gasteiger partial charge >= 0.3 is 8.56 Å². The van der Waals surface area contributed by atoms with E-state index in [0.717, 1.165) is 6.42 Å². The third kappa shape index (κ3) is 4.69. The Labute approximate surface area is 76.8 Å². The lowest BCUT2D eigenvalue weighted by molar-refractivity contribution is 0.264. The van der Waals surface area contributed by atoms with E-state index in [1.165, 1.54) is 12.8 Å². The summed E-state index contributed by atoms with van der Waals surface area (Å²) in [6.45, 7) is 4.23. The first-order valence-electron chi connectivity index (χ1n) is 4.46. The number of hydrogen-bond donors (Lipinski definition) is 0. The molecule has 3 heteroatoms. The van der Waals surface area contributed by atoms with Crippen LogP contribution < -0.4 is 0 Å². The van der Waals surface area contributed by atoms with E-state index < -0.39 is 8.56 Å². The molecule has 0 aliphatic carbocycles. The lowest BCUT2D eigenvalue weighted by atomic mass is 10.2. The van der Waals surface area contributed by atoms with E-state index >= 15 is 0 Å². The molecule has 0 aromatic heterocycles. The Hall–Kier alpha value is -0.123. The Morgan fingerprint density at radius 1 is 1.25 bits per heavy atom. The first kappa shape index (κ1) is 11.9. The van der Waals surface area contributed by atoms with E-state index in [1.54, 1.807) is 14.2 Å². The van der Waals surface area contributed by atoms with Gasteiger partial charge < -0.3 is 8.85 Å². The van der Waals surface area contributed by atoms with Gasteiger partial charge in [0.05, 0.1) is 0 Å². The van der Waals surface area contributed by atoms with Gasteiger partial charge in [0.2, 0.25) is 0 Å². The zero-order valence-electron chi connectivity index (χ0n) is 8.59. The van der Waals surface area contributed by atoms with Gasteiger partial charge in [-0.05, 0) is 18.7 Å². The second kappa shape index (κ2) is 6.40. The minimum absolute atomic E-state index is 1.13. The summed E-state index contributed by atoms with van der Waals surface area (Å²) in [4.78, 5) is 0. The molecule has 72 valence electrons. The van der Waals surface area contributed by atoms with Crippen molar-refractivity contribution in [1.82, 2.24) is 0 Å². The Balaban J connectivity index is 3.76. The molecule has 0 aliphatic rings. The zero-order chi connectivity index (χ0) is 9.45. The van der Waals surface area contributed by atoms with Gasteiger partial charge in [-0.2, -0.15) is 0 Å². The third-order valence-corrected chi connectivity index (χ3v) is 4.42. The molecule has 0 saturated carbocycles. The molecule has 0 radical (unpaired) electrons. The van der Waals surface area contributed by atoms with Crippen molar-refractivity contribution in [1.29, 1.82) is 0 Å². The minimum atomic E-state index is -1.93. The van der Waals surface area contributed by atoms with Gasteiger partial charge in [0, 0.05) is 14.2 Å². The van der Waals surface area contributed by atoms with Crippen molar-refractivity contribution in [2.24, 2.45) is 0 Å². The summed E-state index contributed by atoms with van der Waals surface area (Å²) >= 11 is 0. The highest BCUT2D eigenvalue weighted by Crippen LogP contribution is 2.07. The SMILES string of the molecule is CCCC/C=C/[Si](C)(OC)OC. The molecule has 0 saturated heterocycles. The maximum Gasteiger partial charge on any atom is 0.360 e. The fraction of sp³-hybridized carbons (Fsp3) is 0.778. The van der Waals surface area contributed by atoms with Crippen LogP contribution in [-0.2, 0) is 8.85 Å². The maximum atomic E-state index is 5.30. The van der Waals surface area contributed by atoms with E-state index in [0.29, 0.717) is 0 Å². The number of allylic oxidation sites excluding steroid dienone is 1. The average Bonchev–Trinajstić information content (AvgIpc) is 2.12. The van der Waals surface area contributed by atoms with Gasteiger partial charge in [-0.3, -0.25) is 0 Å². The fourth-order valence-corrected chi connectivity index (χ4v) is 1.87. The van der Waals surface area contributed by atoms with Gasteiger partial charge in [0.25, 0.3) is 0 Å². The first-order valence-corrected chi connectivity index (χ1v) is 6.86. The molecule has 0 unspecified atom stereocenters. The molecule has 0 fully saturated rings. The fourth-order valence-electron chi connectivity index (χ4n) is 0.839. The van der Waals surface area contributed by atoms with Crippen LogP contribution in [0.15, 0.2) is 11.8 Å². The minimum Gasteiger partial charge on any atom is -0.395 e. The van der Waals surface area contributed by atoms with Crippen molar-refractivity contribution in [2.45, 2.75) is 32.7 Å². The molecule has 0 amide bonds. The standard InChI is InChI=1S/C9H20O2Si/c1-5-6-7-8-9-12(4,10-2)11-3/h8-9H,5-7H2,1-4H3/b9-8+. The first-order chi connectivity index (χ1) is 5.68. The van der Waals surface area contributed by atoms with Crippen LogP contribution in [0.2, 0.25) is 6.55 Å². The van der Waals surface area contributed by atoms with Gasteiger partial charge in [-0.15, -0.1) is 0 Å². The summed E-state index contributed by atoms with van der Waals surface area (Å²) < 4.78 is 10.6. The van der Waals surface area contributed by atoms with Gasteiger partial charge in [-0.1, -0.05) is 25.8 Å². The number of unbranched alkanes of at least 4 members (excludes halogenated alkanes) is 2. The molecule has 0 spiro atoms. The molecular weight excluding hydrogens is 168 g/mol. The van der Waals surface area contributed by atoms with Crippen molar-refractivity contribution in [3.05, 3.63) is 11.8 Å². The third-order valence-electron chi connectivity index (χ3n) is 1.96.